The maximum Gasteiger partial charge on any atom is 0.294 e. The van der Waals surface area contributed by atoms with Crippen molar-refractivity contribution in [3.05, 3.63) is 23.8 Å². The Balaban J connectivity index is 1.98. The molecule has 22 heavy (non-hydrogen) atoms. The highest BCUT2D eigenvalue weighted by atomic mass is 32.2. The minimum Gasteiger partial charge on any atom is -0.388 e. The van der Waals surface area contributed by atoms with Crippen LogP contribution in [0.3, 0.4) is 0 Å². The van der Waals surface area contributed by atoms with Gasteiger partial charge in [0, 0.05) is 36.8 Å². The zero-order chi connectivity index (χ0) is 15.9. The second-order valence-corrected chi connectivity index (χ2v) is 7.11. The lowest BCUT2D eigenvalue weighted by Gasteiger charge is -2.41. The summed E-state index contributed by atoms with van der Waals surface area (Å²) in [6, 6.07) is 4.26. The van der Waals surface area contributed by atoms with Crippen LogP contribution in [0.5, 0.6) is 0 Å². The number of benzene rings is 1. The molecule has 3 N–H and O–H groups in total. The van der Waals surface area contributed by atoms with Crippen LogP contribution in [0.25, 0.3) is 0 Å². The molecule has 2 aliphatic heterocycles. The molecule has 0 aliphatic carbocycles. The minimum absolute atomic E-state index is 0.00141. The highest BCUT2D eigenvalue weighted by Crippen LogP contribution is 2.37. The molecule has 0 spiro atoms. The van der Waals surface area contributed by atoms with E-state index in [1.165, 1.54) is 12.1 Å². The van der Waals surface area contributed by atoms with Crippen molar-refractivity contribution in [2.45, 2.75) is 36.3 Å². The number of hydrogen-bond acceptors (Lipinski definition) is 5. The molecule has 1 aromatic rings. The molecule has 2 unspecified atom stereocenters. The molecule has 3 rings (SSSR count). The van der Waals surface area contributed by atoms with E-state index < -0.39 is 16.2 Å². The van der Waals surface area contributed by atoms with Crippen molar-refractivity contribution < 1.29 is 22.9 Å². The zero-order valence-electron chi connectivity index (χ0n) is 11.9. The molecule has 2 heterocycles. The lowest BCUT2D eigenvalue weighted by molar-refractivity contribution is -0.122. The van der Waals surface area contributed by atoms with Crippen LogP contribution in [-0.4, -0.2) is 43.1 Å². The average molecular weight is 326 g/mol. The van der Waals surface area contributed by atoms with Crippen LogP contribution in [0.15, 0.2) is 23.1 Å². The van der Waals surface area contributed by atoms with Gasteiger partial charge < -0.3 is 15.3 Å². The molecule has 0 bridgehead atoms. The molecular formula is C14H18N2O5S. The van der Waals surface area contributed by atoms with Gasteiger partial charge in [-0.05, 0) is 31.0 Å². The van der Waals surface area contributed by atoms with Gasteiger partial charge in [-0.2, -0.15) is 8.42 Å². The monoisotopic (exact) mass is 326 g/mol. The number of aliphatic hydroxyl groups is 1. The second-order valence-electron chi connectivity index (χ2n) is 5.69. The van der Waals surface area contributed by atoms with Crippen molar-refractivity contribution >= 4 is 21.7 Å². The van der Waals surface area contributed by atoms with Crippen LogP contribution in [0.4, 0.5) is 5.69 Å². The summed E-state index contributed by atoms with van der Waals surface area (Å²) in [6.07, 6.45) is 0.877. The number of amides is 1. The summed E-state index contributed by atoms with van der Waals surface area (Å²) in [7, 11) is -4.30. The van der Waals surface area contributed by atoms with E-state index in [2.05, 4.69) is 10.2 Å². The Kier molecular flexibility index (Phi) is 3.84. The van der Waals surface area contributed by atoms with Crippen molar-refractivity contribution in [2.75, 3.05) is 18.0 Å². The number of carbonyl (C=O) groups excluding carboxylic acids is 1. The molecule has 7 nitrogen and oxygen atoms in total. The standard InChI is InChI=1S/C14H18N2O5S/c17-13-4-6-16(9-3-5-15-14(18)7-9)12-2-1-10(8-11(12)13)22(19,20)21/h1-2,8-9,13,17H,3-7H2,(H,15,18)(H,19,20,21). The molecule has 8 heteroatoms. The van der Waals surface area contributed by atoms with Gasteiger partial charge in [-0.3, -0.25) is 9.35 Å². The van der Waals surface area contributed by atoms with Gasteiger partial charge in [-0.25, -0.2) is 0 Å². The molecule has 2 atom stereocenters. The molecule has 0 radical (unpaired) electrons. The quantitative estimate of drug-likeness (QED) is 0.682. The predicted molar refractivity (Wildman–Crippen MR) is 79.2 cm³/mol. The van der Waals surface area contributed by atoms with Crippen LogP contribution in [0.2, 0.25) is 0 Å². The van der Waals surface area contributed by atoms with Gasteiger partial charge in [0.15, 0.2) is 0 Å². The molecule has 1 aromatic carbocycles. The number of carbonyl (C=O) groups is 1. The van der Waals surface area contributed by atoms with Gasteiger partial charge in [-0.15, -0.1) is 0 Å². The SMILES string of the molecule is O=C1CC(N2CCC(O)c3cc(S(=O)(=O)O)ccc32)CCN1. The fourth-order valence-corrected chi connectivity index (χ4v) is 3.69. The van der Waals surface area contributed by atoms with Gasteiger partial charge in [-0.1, -0.05) is 0 Å². The minimum atomic E-state index is -4.30. The topological polar surface area (TPSA) is 107 Å². The third kappa shape index (κ3) is 2.81. The molecule has 1 fully saturated rings. The maximum absolute atomic E-state index is 11.6. The first-order valence-corrected chi connectivity index (χ1v) is 8.63. The Morgan fingerprint density at radius 2 is 2.05 bits per heavy atom. The summed E-state index contributed by atoms with van der Waals surface area (Å²) in [4.78, 5) is 13.4. The summed E-state index contributed by atoms with van der Waals surface area (Å²) >= 11 is 0. The predicted octanol–water partition coefficient (Wildman–Crippen LogP) is 0.455. The van der Waals surface area contributed by atoms with Gasteiger partial charge in [0.25, 0.3) is 10.1 Å². The number of aliphatic hydroxyl groups excluding tert-OH is 1. The van der Waals surface area contributed by atoms with Crippen molar-refractivity contribution in [3.8, 4) is 0 Å². The normalized spacial score (nSPS) is 25.5. The van der Waals surface area contributed by atoms with E-state index in [0.29, 0.717) is 31.5 Å². The summed E-state index contributed by atoms with van der Waals surface area (Å²) in [5, 5.41) is 12.9. The fourth-order valence-electron chi connectivity index (χ4n) is 3.17. The van der Waals surface area contributed by atoms with Gasteiger partial charge in [0.2, 0.25) is 5.91 Å². The Morgan fingerprint density at radius 1 is 1.27 bits per heavy atom. The Hall–Kier alpha value is -1.64. The van der Waals surface area contributed by atoms with E-state index >= 15 is 0 Å². The number of anilines is 1. The average Bonchev–Trinajstić information content (AvgIpc) is 2.46. The fraction of sp³-hybridized carbons (Fsp3) is 0.500. The third-order valence-corrected chi connectivity index (χ3v) is 5.12. The number of rotatable bonds is 2. The van der Waals surface area contributed by atoms with Crippen LogP contribution in [0.1, 0.15) is 30.9 Å². The van der Waals surface area contributed by atoms with Crippen LogP contribution in [-0.2, 0) is 14.9 Å². The van der Waals surface area contributed by atoms with Crippen molar-refractivity contribution in [1.82, 2.24) is 5.32 Å². The maximum atomic E-state index is 11.6. The van der Waals surface area contributed by atoms with E-state index in [-0.39, 0.29) is 16.8 Å². The van der Waals surface area contributed by atoms with Crippen molar-refractivity contribution in [3.63, 3.8) is 0 Å². The molecule has 1 amide bonds. The van der Waals surface area contributed by atoms with Crippen molar-refractivity contribution in [2.24, 2.45) is 0 Å². The number of piperidine rings is 1. The lowest BCUT2D eigenvalue weighted by Crippen LogP contribution is -2.48. The number of fused-ring (bicyclic) bond motifs is 1. The Bertz CT molecular complexity index is 703. The van der Waals surface area contributed by atoms with E-state index in [4.69, 9.17) is 4.55 Å². The van der Waals surface area contributed by atoms with Gasteiger partial charge >= 0.3 is 0 Å². The lowest BCUT2D eigenvalue weighted by atomic mass is 9.94. The van der Waals surface area contributed by atoms with E-state index in [1.807, 2.05) is 0 Å². The molecule has 0 aromatic heterocycles. The number of hydrogen-bond donors (Lipinski definition) is 3. The molecule has 120 valence electrons. The van der Waals surface area contributed by atoms with Gasteiger partial charge in [0.05, 0.1) is 11.0 Å². The molecule has 0 saturated carbocycles. The molecular weight excluding hydrogens is 308 g/mol. The summed E-state index contributed by atoms with van der Waals surface area (Å²) in [5.41, 5.74) is 1.21. The molecule has 1 saturated heterocycles. The number of nitrogens with one attached hydrogen (secondary N) is 1. The second kappa shape index (κ2) is 5.53. The first-order valence-electron chi connectivity index (χ1n) is 7.19. The highest BCUT2D eigenvalue weighted by Gasteiger charge is 2.32. The number of nitrogens with zero attached hydrogens (tertiary/aromatic N) is 1. The summed E-state index contributed by atoms with van der Waals surface area (Å²) in [6.45, 7) is 1.22. The smallest absolute Gasteiger partial charge is 0.294 e. The van der Waals surface area contributed by atoms with Gasteiger partial charge in [0.1, 0.15) is 0 Å². The van der Waals surface area contributed by atoms with Crippen LogP contribution < -0.4 is 10.2 Å². The third-order valence-electron chi connectivity index (χ3n) is 4.27. The highest BCUT2D eigenvalue weighted by molar-refractivity contribution is 7.85. The Morgan fingerprint density at radius 3 is 2.73 bits per heavy atom. The van der Waals surface area contributed by atoms with Crippen molar-refractivity contribution in [1.29, 1.82) is 0 Å². The first kappa shape index (κ1) is 15.3. The largest absolute Gasteiger partial charge is 0.388 e. The van der Waals surface area contributed by atoms with Crippen LogP contribution >= 0.6 is 0 Å². The molecule has 2 aliphatic rings. The zero-order valence-corrected chi connectivity index (χ0v) is 12.7. The van der Waals surface area contributed by atoms with E-state index in [9.17, 15) is 18.3 Å². The summed E-state index contributed by atoms with van der Waals surface area (Å²) < 4.78 is 31.7. The van der Waals surface area contributed by atoms with Crippen LogP contribution in [0, 0.1) is 0 Å². The van der Waals surface area contributed by atoms with E-state index in [0.717, 1.165) is 12.1 Å². The van der Waals surface area contributed by atoms with E-state index in [1.54, 1.807) is 6.07 Å². The first-order chi connectivity index (χ1) is 10.4. The summed E-state index contributed by atoms with van der Waals surface area (Å²) in [5.74, 6) is -0.00141. The Labute approximate surface area is 128 Å².